The number of nitrogens with zero attached hydrogens (tertiary/aromatic N) is 2. The van der Waals surface area contributed by atoms with Gasteiger partial charge in [0.1, 0.15) is 0 Å². The van der Waals surface area contributed by atoms with Crippen LogP contribution in [-0.4, -0.2) is 35.9 Å². The monoisotopic (exact) mass is 420 g/mol. The lowest BCUT2D eigenvalue weighted by Crippen LogP contribution is -2.44. The first-order chi connectivity index (χ1) is 14.3. The van der Waals surface area contributed by atoms with Crippen LogP contribution in [0.1, 0.15) is 0 Å². The van der Waals surface area contributed by atoms with Crippen LogP contribution in [-0.2, 0) is 9.59 Å². The Morgan fingerprint density at radius 1 is 0.767 bits per heavy atom. The first kappa shape index (κ1) is 21.7. The lowest BCUT2D eigenvalue weighted by Gasteiger charge is -2.13. The van der Waals surface area contributed by atoms with Gasteiger partial charge in [0.25, 0.3) is 11.4 Å². The van der Waals surface area contributed by atoms with Crippen molar-refractivity contribution in [3.05, 3.63) is 56.6 Å². The molecule has 2 amide bonds. The van der Waals surface area contributed by atoms with Crippen molar-refractivity contribution in [3.8, 4) is 11.5 Å². The van der Waals surface area contributed by atoms with Gasteiger partial charge in [-0.2, -0.15) is 0 Å². The predicted molar refractivity (Wildman–Crippen MR) is 103 cm³/mol. The molecular formula is C16H16N6O8. The molecule has 0 aliphatic rings. The van der Waals surface area contributed by atoms with E-state index in [0.29, 0.717) is 0 Å². The molecule has 0 heterocycles. The van der Waals surface area contributed by atoms with Crippen LogP contribution in [0.3, 0.4) is 0 Å². The van der Waals surface area contributed by atoms with E-state index in [1.54, 1.807) is 0 Å². The SMILES string of the molecule is COc1cc([N+](=O)[O-])ccc1NNC(=O)C(=O)NNc1ccc([N+](=O)[O-])cc1OC. The molecule has 0 saturated carbocycles. The number of ether oxygens (including phenoxy) is 2. The van der Waals surface area contributed by atoms with Crippen molar-refractivity contribution < 1.29 is 28.9 Å². The number of hydrogen-bond acceptors (Lipinski definition) is 10. The third kappa shape index (κ3) is 5.22. The standard InChI is InChI=1S/C16H16N6O8/c1-29-13-7-9(21(25)26)3-5-11(13)17-19-15(23)16(24)20-18-12-6-4-10(22(27)28)8-14(12)30-2/h3-8,17-18H,1-2H3,(H,19,23)(H,20,24). The number of methoxy groups -OCH3 is 2. The molecule has 0 saturated heterocycles. The Balaban J connectivity index is 1.97. The summed E-state index contributed by atoms with van der Waals surface area (Å²) in [6.45, 7) is 0. The fraction of sp³-hybridized carbons (Fsp3) is 0.125. The Hall–Kier alpha value is -4.62. The number of nitrogens with one attached hydrogen (secondary N) is 4. The highest BCUT2D eigenvalue weighted by molar-refractivity contribution is 6.35. The summed E-state index contributed by atoms with van der Waals surface area (Å²) in [5, 5.41) is 21.6. The van der Waals surface area contributed by atoms with E-state index in [1.807, 2.05) is 0 Å². The van der Waals surface area contributed by atoms with Crippen molar-refractivity contribution >= 4 is 34.6 Å². The minimum atomic E-state index is -1.11. The highest BCUT2D eigenvalue weighted by atomic mass is 16.6. The Bertz CT molecular complexity index is 916. The van der Waals surface area contributed by atoms with Crippen molar-refractivity contribution in [3.63, 3.8) is 0 Å². The normalized spacial score (nSPS) is 9.80. The van der Waals surface area contributed by atoms with Crippen LogP contribution in [0.15, 0.2) is 36.4 Å². The van der Waals surface area contributed by atoms with Gasteiger partial charge in [0.15, 0.2) is 11.5 Å². The zero-order chi connectivity index (χ0) is 22.3. The van der Waals surface area contributed by atoms with Gasteiger partial charge in [0.05, 0.1) is 47.6 Å². The molecule has 2 aromatic rings. The number of nitro benzene ring substituents is 2. The highest BCUT2D eigenvalue weighted by Crippen LogP contribution is 2.29. The van der Waals surface area contributed by atoms with Crippen molar-refractivity contribution in [2.24, 2.45) is 0 Å². The van der Waals surface area contributed by atoms with Crippen LogP contribution in [0.2, 0.25) is 0 Å². The zero-order valence-corrected chi connectivity index (χ0v) is 15.6. The summed E-state index contributed by atoms with van der Waals surface area (Å²) >= 11 is 0. The summed E-state index contributed by atoms with van der Waals surface area (Å²) in [6.07, 6.45) is 0. The van der Waals surface area contributed by atoms with E-state index in [2.05, 4.69) is 21.7 Å². The smallest absolute Gasteiger partial charge is 0.329 e. The molecule has 0 radical (unpaired) electrons. The fourth-order valence-electron chi connectivity index (χ4n) is 2.16. The van der Waals surface area contributed by atoms with Crippen molar-refractivity contribution in [2.75, 3.05) is 25.1 Å². The molecule has 4 N–H and O–H groups in total. The molecule has 0 aromatic heterocycles. The lowest BCUT2D eigenvalue weighted by molar-refractivity contribution is -0.385. The van der Waals surface area contributed by atoms with Gasteiger partial charge in [-0.1, -0.05) is 0 Å². The Morgan fingerprint density at radius 3 is 1.43 bits per heavy atom. The first-order valence-corrected chi connectivity index (χ1v) is 8.04. The third-order valence-corrected chi connectivity index (χ3v) is 3.62. The average molecular weight is 420 g/mol. The maximum absolute atomic E-state index is 11.9. The predicted octanol–water partition coefficient (Wildman–Crippen LogP) is 1.11. The van der Waals surface area contributed by atoms with Crippen molar-refractivity contribution in [2.45, 2.75) is 0 Å². The molecule has 158 valence electrons. The van der Waals surface area contributed by atoms with E-state index in [0.717, 1.165) is 12.1 Å². The Labute approximate surface area is 168 Å². The zero-order valence-electron chi connectivity index (χ0n) is 15.6. The molecular weight excluding hydrogens is 404 g/mol. The molecule has 0 fully saturated rings. The van der Waals surface area contributed by atoms with Gasteiger partial charge >= 0.3 is 11.8 Å². The van der Waals surface area contributed by atoms with Gasteiger partial charge < -0.3 is 9.47 Å². The molecule has 0 bridgehead atoms. The molecule has 0 unspecified atom stereocenters. The molecule has 2 rings (SSSR count). The molecule has 14 heteroatoms. The molecule has 0 spiro atoms. The fourth-order valence-corrected chi connectivity index (χ4v) is 2.16. The molecule has 0 aliphatic heterocycles. The Morgan fingerprint density at radius 2 is 1.13 bits per heavy atom. The van der Waals surface area contributed by atoms with E-state index in [-0.39, 0.29) is 34.2 Å². The quantitative estimate of drug-likeness (QED) is 0.274. The molecule has 30 heavy (non-hydrogen) atoms. The van der Waals surface area contributed by atoms with Crippen LogP contribution < -0.4 is 31.2 Å². The number of carbonyl (C=O) groups is 2. The number of carbonyl (C=O) groups excluding carboxylic acids is 2. The molecule has 0 atom stereocenters. The van der Waals surface area contributed by atoms with Crippen LogP contribution in [0.25, 0.3) is 0 Å². The number of non-ortho nitro benzene ring substituents is 2. The minimum Gasteiger partial charge on any atom is -0.494 e. The minimum absolute atomic E-state index is 0.0682. The molecule has 14 nitrogen and oxygen atoms in total. The van der Waals surface area contributed by atoms with Gasteiger partial charge in [0, 0.05) is 12.1 Å². The van der Waals surface area contributed by atoms with Crippen molar-refractivity contribution in [1.82, 2.24) is 10.9 Å². The summed E-state index contributed by atoms with van der Waals surface area (Å²) < 4.78 is 9.99. The summed E-state index contributed by atoms with van der Waals surface area (Å²) in [5.74, 6) is -2.08. The summed E-state index contributed by atoms with van der Waals surface area (Å²) in [5.41, 5.74) is 8.94. The topological polar surface area (TPSA) is 187 Å². The third-order valence-electron chi connectivity index (χ3n) is 3.62. The summed E-state index contributed by atoms with van der Waals surface area (Å²) in [4.78, 5) is 44.2. The maximum Gasteiger partial charge on any atom is 0.329 e. The second kappa shape index (κ2) is 9.54. The average Bonchev–Trinajstić information content (AvgIpc) is 2.75. The van der Waals surface area contributed by atoms with E-state index in [1.165, 1.54) is 38.5 Å². The Kier molecular flexibility index (Phi) is 6.89. The number of hydrogen-bond donors (Lipinski definition) is 4. The van der Waals surface area contributed by atoms with Gasteiger partial charge in [-0.3, -0.25) is 51.5 Å². The van der Waals surface area contributed by atoms with Crippen LogP contribution in [0.4, 0.5) is 22.7 Å². The van der Waals surface area contributed by atoms with E-state index in [9.17, 15) is 29.8 Å². The van der Waals surface area contributed by atoms with Crippen LogP contribution in [0, 0.1) is 20.2 Å². The molecule has 2 aromatic carbocycles. The van der Waals surface area contributed by atoms with E-state index in [4.69, 9.17) is 9.47 Å². The second-order valence-electron chi connectivity index (χ2n) is 5.44. The molecule has 0 aliphatic carbocycles. The highest BCUT2D eigenvalue weighted by Gasteiger charge is 2.17. The van der Waals surface area contributed by atoms with Crippen LogP contribution in [0.5, 0.6) is 11.5 Å². The van der Waals surface area contributed by atoms with Gasteiger partial charge in [0.2, 0.25) is 0 Å². The number of hydrazine groups is 2. The van der Waals surface area contributed by atoms with Crippen molar-refractivity contribution in [1.29, 1.82) is 0 Å². The number of nitro groups is 2. The lowest BCUT2D eigenvalue weighted by atomic mass is 10.2. The van der Waals surface area contributed by atoms with E-state index >= 15 is 0 Å². The van der Waals surface area contributed by atoms with E-state index < -0.39 is 21.7 Å². The number of benzene rings is 2. The number of anilines is 2. The maximum atomic E-state index is 11.9. The second-order valence-corrected chi connectivity index (χ2v) is 5.44. The van der Waals surface area contributed by atoms with Gasteiger partial charge in [-0.25, -0.2) is 0 Å². The number of amides is 2. The van der Waals surface area contributed by atoms with Crippen LogP contribution >= 0.6 is 0 Å². The summed E-state index contributed by atoms with van der Waals surface area (Å²) in [6, 6.07) is 7.21. The first-order valence-electron chi connectivity index (χ1n) is 8.04. The number of rotatable bonds is 8. The summed E-state index contributed by atoms with van der Waals surface area (Å²) in [7, 11) is 2.56. The largest absolute Gasteiger partial charge is 0.494 e. The van der Waals surface area contributed by atoms with Gasteiger partial charge in [-0.15, -0.1) is 0 Å². The van der Waals surface area contributed by atoms with Gasteiger partial charge in [-0.05, 0) is 12.1 Å².